The third kappa shape index (κ3) is 3.81. The normalized spacial score (nSPS) is 13.8. The summed E-state index contributed by atoms with van der Waals surface area (Å²) in [5.74, 6) is -0.933. The Morgan fingerprint density at radius 1 is 1.32 bits per heavy atom. The fourth-order valence-electron chi connectivity index (χ4n) is 2.54. The predicted octanol–water partition coefficient (Wildman–Crippen LogP) is 0.442. The number of carbonyl (C=O) groups excluding carboxylic acids is 1. The highest BCUT2D eigenvalue weighted by Crippen LogP contribution is 2.42. The molecule has 0 atom stereocenters. The zero-order chi connectivity index (χ0) is 17.5. The number of rotatable bonds is 4. The van der Waals surface area contributed by atoms with Gasteiger partial charge in [-0.3, -0.25) is 15.5 Å². The maximum absolute atomic E-state index is 12.2. The van der Waals surface area contributed by atoms with Crippen molar-refractivity contribution < 1.29 is 13.2 Å². The third-order valence-electron chi connectivity index (χ3n) is 3.66. The standard InChI is InChI=1S/C14H16N6O3S.ClH/c15-14(16)19-13(21)9-7-18-20(12(9)8-5-6-8)10-3-1-2-4-11(10)24(17,22)23;/h1-4,7-8H,5-6H2,(H2,17,22,23)(H4,15,16,19,21);1H. The smallest absolute Gasteiger partial charge is 0.261 e. The van der Waals surface area contributed by atoms with E-state index in [-0.39, 0.29) is 34.5 Å². The van der Waals surface area contributed by atoms with Crippen LogP contribution in [0.3, 0.4) is 0 Å². The molecule has 1 aromatic carbocycles. The number of nitrogens with two attached hydrogens (primary N) is 2. The van der Waals surface area contributed by atoms with Gasteiger partial charge in [0.25, 0.3) is 5.91 Å². The summed E-state index contributed by atoms with van der Waals surface area (Å²) in [6.45, 7) is 0. The minimum Gasteiger partial charge on any atom is -0.370 e. The maximum Gasteiger partial charge on any atom is 0.261 e. The van der Waals surface area contributed by atoms with Crippen molar-refractivity contribution in [2.45, 2.75) is 23.7 Å². The van der Waals surface area contributed by atoms with E-state index in [4.69, 9.17) is 16.3 Å². The monoisotopic (exact) mass is 384 g/mol. The molecular weight excluding hydrogens is 368 g/mol. The SMILES string of the molecule is Cl.N=C(N)NC(=O)c1cnn(-c2ccccc2S(N)(=O)=O)c1C1CC1. The van der Waals surface area contributed by atoms with Crippen molar-refractivity contribution in [3.63, 3.8) is 0 Å². The van der Waals surface area contributed by atoms with Crippen LogP contribution >= 0.6 is 12.4 Å². The molecule has 134 valence electrons. The molecule has 0 spiro atoms. The highest BCUT2D eigenvalue weighted by atomic mass is 35.5. The molecule has 0 aliphatic heterocycles. The molecule has 25 heavy (non-hydrogen) atoms. The average Bonchev–Trinajstić information content (AvgIpc) is 3.23. The van der Waals surface area contributed by atoms with Gasteiger partial charge >= 0.3 is 0 Å². The Morgan fingerprint density at radius 2 is 1.96 bits per heavy atom. The van der Waals surface area contributed by atoms with Crippen LogP contribution in [0.15, 0.2) is 35.4 Å². The maximum atomic E-state index is 12.2. The second kappa shape index (κ2) is 6.82. The van der Waals surface area contributed by atoms with Crippen molar-refractivity contribution in [3.05, 3.63) is 41.7 Å². The lowest BCUT2D eigenvalue weighted by Gasteiger charge is -2.12. The quantitative estimate of drug-likeness (QED) is 0.444. The van der Waals surface area contributed by atoms with Gasteiger partial charge in [0.2, 0.25) is 10.0 Å². The first-order valence-corrected chi connectivity index (χ1v) is 8.69. The van der Waals surface area contributed by atoms with Gasteiger partial charge in [-0.15, -0.1) is 12.4 Å². The summed E-state index contributed by atoms with van der Waals surface area (Å²) < 4.78 is 25.1. The van der Waals surface area contributed by atoms with Gasteiger partial charge in [-0.2, -0.15) is 5.10 Å². The van der Waals surface area contributed by atoms with Crippen LogP contribution in [0.1, 0.15) is 34.8 Å². The van der Waals surface area contributed by atoms with Gasteiger partial charge < -0.3 is 5.73 Å². The predicted molar refractivity (Wildman–Crippen MR) is 93.5 cm³/mol. The van der Waals surface area contributed by atoms with E-state index in [1.54, 1.807) is 18.2 Å². The lowest BCUT2D eigenvalue weighted by Crippen LogP contribution is -2.36. The summed E-state index contributed by atoms with van der Waals surface area (Å²) >= 11 is 0. The zero-order valence-electron chi connectivity index (χ0n) is 13.0. The molecule has 1 fully saturated rings. The first-order valence-electron chi connectivity index (χ1n) is 7.14. The van der Waals surface area contributed by atoms with Crippen molar-refractivity contribution in [2.24, 2.45) is 10.9 Å². The Hall–Kier alpha value is -2.43. The van der Waals surface area contributed by atoms with Crippen molar-refractivity contribution in [1.82, 2.24) is 15.1 Å². The van der Waals surface area contributed by atoms with E-state index < -0.39 is 21.9 Å². The Morgan fingerprint density at radius 3 is 2.52 bits per heavy atom. The molecule has 1 saturated carbocycles. The van der Waals surface area contributed by atoms with Gasteiger partial charge in [-0.05, 0) is 25.0 Å². The first-order chi connectivity index (χ1) is 11.3. The summed E-state index contributed by atoms with van der Waals surface area (Å²) in [4.78, 5) is 12.1. The van der Waals surface area contributed by atoms with Crippen LogP contribution in [0.5, 0.6) is 0 Å². The molecule has 1 aliphatic carbocycles. The number of primary sulfonamides is 1. The molecule has 0 unspecified atom stereocenters. The number of carbonyl (C=O) groups is 1. The summed E-state index contributed by atoms with van der Waals surface area (Å²) in [5, 5.41) is 18.8. The molecule has 11 heteroatoms. The van der Waals surface area contributed by atoms with Gasteiger partial charge in [0.05, 0.1) is 23.1 Å². The second-order valence-electron chi connectivity index (χ2n) is 5.51. The summed E-state index contributed by atoms with van der Waals surface area (Å²) in [5.41, 5.74) is 6.33. The molecule has 0 saturated heterocycles. The summed E-state index contributed by atoms with van der Waals surface area (Å²) in [6.07, 6.45) is 3.07. The number of halogens is 1. The van der Waals surface area contributed by atoms with Crippen LogP contribution in [0.25, 0.3) is 5.69 Å². The Labute approximate surface area is 150 Å². The molecular formula is C14H17ClN6O3S. The minimum atomic E-state index is -3.95. The second-order valence-corrected chi connectivity index (χ2v) is 7.04. The van der Waals surface area contributed by atoms with Crippen LogP contribution in [-0.2, 0) is 10.0 Å². The van der Waals surface area contributed by atoms with E-state index in [9.17, 15) is 13.2 Å². The van der Waals surface area contributed by atoms with Gasteiger partial charge in [0.15, 0.2) is 5.96 Å². The summed E-state index contributed by atoms with van der Waals surface area (Å²) in [7, 11) is -3.95. The fraction of sp³-hybridized carbons (Fsp3) is 0.214. The Balaban J connectivity index is 0.00000225. The van der Waals surface area contributed by atoms with Crippen molar-refractivity contribution in [2.75, 3.05) is 0 Å². The van der Waals surface area contributed by atoms with Crippen LogP contribution in [0, 0.1) is 5.41 Å². The molecule has 1 aliphatic rings. The zero-order valence-corrected chi connectivity index (χ0v) is 14.6. The number of aromatic nitrogens is 2. The topological polar surface area (TPSA) is 157 Å². The minimum absolute atomic E-state index is 0. The number of guanidine groups is 1. The molecule has 1 heterocycles. The molecule has 9 nitrogen and oxygen atoms in total. The molecule has 1 aromatic heterocycles. The van der Waals surface area contributed by atoms with E-state index in [0.717, 1.165) is 12.8 Å². The highest BCUT2D eigenvalue weighted by molar-refractivity contribution is 7.89. The van der Waals surface area contributed by atoms with Crippen molar-refractivity contribution in [3.8, 4) is 5.69 Å². The first kappa shape index (κ1) is 18.9. The van der Waals surface area contributed by atoms with Crippen molar-refractivity contribution >= 4 is 34.3 Å². The number of hydrogen-bond acceptors (Lipinski definition) is 5. The molecule has 1 amide bonds. The highest BCUT2D eigenvalue weighted by Gasteiger charge is 2.34. The fourth-order valence-corrected chi connectivity index (χ4v) is 3.25. The number of nitrogens with zero attached hydrogens (tertiary/aromatic N) is 2. The molecule has 0 radical (unpaired) electrons. The van der Waals surface area contributed by atoms with Crippen LogP contribution in [-0.4, -0.2) is 30.1 Å². The number of hydrogen-bond donors (Lipinski definition) is 4. The van der Waals surface area contributed by atoms with E-state index in [1.165, 1.54) is 16.9 Å². The molecule has 6 N–H and O–H groups in total. The van der Waals surface area contributed by atoms with Gasteiger partial charge in [0.1, 0.15) is 4.90 Å². The van der Waals surface area contributed by atoms with Crippen molar-refractivity contribution in [1.29, 1.82) is 5.41 Å². The van der Waals surface area contributed by atoms with Gasteiger partial charge in [0, 0.05) is 5.92 Å². The average molecular weight is 385 g/mol. The van der Waals surface area contributed by atoms with E-state index in [1.807, 2.05) is 0 Å². The number of nitrogens with one attached hydrogen (secondary N) is 2. The van der Waals surface area contributed by atoms with E-state index in [0.29, 0.717) is 5.69 Å². The number of benzene rings is 1. The molecule has 2 aromatic rings. The van der Waals surface area contributed by atoms with Gasteiger partial charge in [-0.1, -0.05) is 12.1 Å². The van der Waals surface area contributed by atoms with E-state index in [2.05, 4.69) is 10.4 Å². The van der Waals surface area contributed by atoms with Gasteiger partial charge in [-0.25, -0.2) is 18.2 Å². The van der Waals surface area contributed by atoms with Crippen LogP contribution in [0.4, 0.5) is 0 Å². The summed E-state index contributed by atoms with van der Waals surface area (Å²) in [6, 6.07) is 6.19. The molecule has 3 rings (SSSR count). The lowest BCUT2D eigenvalue weighted by molar-refractivity contribution is 0.0975. The number of para-hydroxylation sites is 1. The van der Waals surface area contributed by atoms with Crippen LogP contribution < -0.4 is 16.2 Å². The van der Waals surface area contributed by atoms with E-state index >= 15 is 0 Å². The largest absolute Gasteiger partial charge is 0.370 e. The van der Waals surface area contributed by atoms with Crippen LogP contribution in [0.2, 0.25) is 0 Å². The Bertz CT molecular complexity index is 936. The Kier molecular flexibility index (Phi) is 5.16. The third-order valence-corrected chi connectivity index (χ3v) is 4.62. The number of sulfonamides is 1. The lowest BCUT2D eigenvalue weighted by atomic mass is 10.1. The number of amides is 1. The molecule has 0 bridgehead atoms.